The first-order valence-corrected chi connectivity index (χ1v) is 14.0. The van der Waals surface area contributed by atoms with Crippen LogP contribution in [0.2, 0.25) is 0 Å². The number of benzene rings is 2. The van der Waals surface area contributed by atoms with Gasteiger partial charge in [0, 0.05) is 37.4 Å². The van der Waals surface area contributed by atoms with E-state index in [-0.39, 0.29) is 17.6 Å². The largest absolute Gasteiger partial charge is 0.369 e. The van der Waals surface area contributed by atoms with Crippen LogP contribution in [0.25, 0.3) is 10.9 Å². The number of pyridine rings is 1. The quantitative estimate of drug-likeness (QED) is 0.412. The van der Waals surface area contributed by atoms with Crippen molar-refractivity contribution in [2.75, 3.05) is 31.1 Å². The molecule has 3 heterocycles. The minimum absolute atomic E-state index is 0.0630. The number of anilines is 1. The number of hydrogen-bond acceptors (Lipinski definition) is 6. The lowest BCUT2D eigenvalue weighted by molar-refractivity contribution is 0.192. The van der Waals surface area contributed by atoms with Crippen LogP contribution in [-0.4, -0.2) is 56.3 Å². The third-order valence-electron chi connectivity index (χ3n) is 8.69. The van der Waals surface area contributed by atoms with E-state index in [1.807, 2.05) is 23.7 Å². The molecule has 2 aliphatic rings. The molecule has 2 fully saturated rings. The zero-order chi connectivity index (χ0) is 26.2. The highest BCUT2D eigenvalue weighted by Crippen LogP contribution is 2.34. The molecule has 0 radical (unpaired) electrons. The standard InChI is InChI=1S/C30H37N7O/c1-20-9-8-14-26(22(20)3)35-15-17-36(18-16-35)28(29-32-33-34-37(29)24-12-5-4-6-13-24)25-19-23-11-7-10-21(2)27(23)31-30(25)38/h7-11,14,19,24,28H,4-6,12-13,15-18H2,1-3H3,(H,31,38)/t28-/m1/s1. The average Bonchev–Trinajstić information content (AvgIpc) is 3.42. The third kappa shape index (κ3) is 4.51. The summed E-state index contributed by atoms with van der Waals surface area (Å²) in [6.07, 6.45) is 5.82. The zero-order valence-corrected chi connectivity index (χ0v) is 22.7. The number of hydrogen-bond donors (Lipinski definition) is 1. The average molecular weight is 512 g/mol. The van der Waals surface area contributed by atoms with Crippen LogP contribution < -0.4 is 10.5 Å². The van der Waals surface area contributed by atoms with Crippen molar-refractivity contribution in [2.45, 2.75) is 65.0 Å². The van der Waals surface area contributed by atoms with Gasteiger partial charge in [-0.1, -0.05) is 49.6 Å². The molecule has 1 aliphatic heterocycles. The van der Waals surface area contributed by atoms with Crippen molar-refractivity contribution in [1.29, 1.82) is 0 Å². The lowest BCUT2D eigenvalue weighted by Crippen LogP contribution is -2.49. The Kier molecular flexibility index (Phi) is 6.74. The summed E-state index contributed by atoms with van der Waals surface area (Å²) >= 11 is 0. The molecule has 198 valence electrons. The molecular formula is C30H37N7O. The summed E-state index contributed by atoms with van der Waals surface area (Å²) in [4.78, 5) is 21.7. The van der Waals surface area contributed by atoms with Crippen molar-refractivity contribution in [3.63, 3.8) is 0 Å². The number of tetrazole rings is 1. The molecule has 2 aromatic carbocycles. The van der Waals surface area contributed by atoms with Gasteiger partial charge in [-0.2, -0.15) is 0 Å². The second-order valence-electron chi connectivity index (χ2n) is 11.0. The second kappa shape index (κ2) is 10.3. The molecule has 1 atom stereocenters. The molecule has 8 heteroatoms. The van der Waals surface area contributed by atoms with E-state index in [2.05, 4.69) is 74.5 Å². The van der Waals surface area contributed by atoms with Crippen LogP contribution in [0.3, 0.4) is 0 Å². The summed E-state index contributed by atoms with van der Waals surface area (Å²) in [6, 6.07) is 14.7. The van der Waals surface area contributed by atoms with E-state index in [9.17, 15) is 4.79 Å². The van der Waals surface area contributed by atoms with Gasteiger partial charge in [0.1, 0.15) is 6.04 Å². The Morgan fingerprint density at radius 2 is 1.66 bits per heavy atom. The molecule has 1 saturated carbocycles. The molecule has 8 nitrogen and oxygen atoms in total. The van der Waals surface area contributed by atoms with E-state index >= 15 is 0 Å². The molecule has 0 unspecified atom stereocenters. The first-order valence-electron chi connectivity index (χ1n) is 14.0. The highest BCUT2D eigenvalue weighted by atomic mass is 16.1. The monoisotopic (exact) mass is 511 g/mol. The fourth-order valence-electron chi connectivity index (χ4n) is 6.37. The smallest absolute Gasteiger partial charge is 0.253 e. The van der Waals surface area contributed by atoms with Gasteiger partial charge in [-0.05, 0) is 78.2 Å². The SMILES string of the molecule is Cc1cccc(N2CCN([C@H](c3cc4cccc(C)c4[nH]c3=O)c3nnnn3C3CCCCC3)CC2)c1C. The van der Waals surface area contributed by atoms with Crippen LogP contribution >= 0.6 is 0 Å². The lowest BCUT2D eigenvalue weighted by Gasteiger charge is -2.40. The summed E-state index contributed by atoms with van der Waals surface area (Å²) in [5, 5.41) is 14.2. The molecule has 38 heavy (non-hydrogen) atoms. The number of H-pyrrole nitrogens is 1. The van der Waals surface area contributed by atoms with Gasteiger partial charge in [0.25, 0.3) is 5.56 Å². The molecular weight excluding hydrogens is 474 g/mol. The van der Waals surface area contributed by atoms with Crippen molar-refractivity contribution in [3.05, 3.63) is 80.9 Å². The molecule has 4 aromatic rings. The number of nitrogens with one attached hydrogen (secondary N) is 1. The van der Waals surface area contributed by atoms with Crippen molar-refractivity contribution < 1.29 is 0 Å². The van der Waals surface area contributed by atoms with E-state index in [1.165, 1.54) is 36.1 Å². The molecule has 0 bridgehead atoms. The second-order valence-corrected chi connectivity index (χ2v) is 11.0. The number of rotatable bonds is 5. The summed E-state index contributed by atoms with van der Waals surface area (Å²) in [5.41, 5.74) is 6.56. The maximum Gasteiger partial charge on any atom is 0.253 e. The Hall–Kier alpha value is -3.52. The number of nitrogens with zero attached hydrogens (tertiary/aromatic N) is 6. The molecule has 2 aromatic heterocycles. The van der Waals surface area contributed by atoms with E-state index < -0.39 is 0 Å². The van der Waals surface area contributed by atoms with Gasteiger partial charge in [0.15, 0.2) is 5.82 Å². The normalized spacial score (nSPS) is 18.2. The van der Waals surface area contributed by atoms with E-state index in [0.29, 0.717) is 0 Å². The number of aromatic nitrogens is 5. The maximum atomic E-state index is 13.6. The zero-order valence-electron chi connectivity index (χ0n) is 22.7. The van der Waals surface area contributed by atoms with Gasteiger partial charge >= 0.3 is 0 Å². The predicted molar refractivity (Wildman–Crippen MR) is 151 cm³/mol. The van der Waals surface area contributed by atoms with Gasteiger partial charge in [0.05, 0.1) is 11.6 Å². The van der Waals surface area contributed by atoms with Gasteiger partial charge in [0.2, 0.25) is 0 Å². The number of piperazine rings is 1. The Morgan fingerprint density at radius 3 is 2.45 bits per heavy atom. The van der Waals surface area contributed by atoms with Crippen molar-refractivity contribution in [2.24, 2.45) is 0 Å². The topological polar surface area (TPSA) is 82.9 Å². The number of fused-ring (bicyclic) bond motifs is 1. The number of aryl methyl sites for hydroxylation is 2. The molecule has 6 rings (SSSR count). The van der Waals surface area contributed by atoms with Gasteiger partial charge in [-0.3, -0.25) is 9.69 Å². The molecule has 1 aliphatic carbocycles. The Morgan fingerprint density at radius 1 is 0.921 bits per heavy atom. The molecule has 1 N–H and O–H groups in total. The van der Waals surface area contributed by atoms with Crippen LogP contribution in [-0.2, 0) is 0 Å². The predicted octanol–water partition coefficient (Wildman–Crippen LogP) is 4.86. The van der Waals surface area contributed by atoms with Crippen molar-refractivity contribution in [1.82, 2.24) is 30.1 Å². The lowest BCUT2D eigenvalue weighted by atomic mass is 9.95. The fraction of sp³-hybridized carbons (Fsp3) is 0.467. The molecule has 0 amide bonds. The summed E-state index contributed by atoms with van der Waals surface area (Å²) < 4.78 is 2.03. The minimum atomic E-state index is -0.304. The maximum absolute atomic E-state index is 13.6. The van der Waals surface area contributed by atoms with E-state index in [1.54, 1.807) is 0 Å². The highest BCUT2D eigenvalue weighted by Gasteiger charge is 2.34. The van der Waals surface area contributed by atoms with Crippen LogP contribution in [0.1, 0.15) is 72.3 Å². The Balaban J connectivity index is 1.39. The summed E-state index contributed by atoms with van der Waals surface area (Å²) in [5.74, 6) is 0.787. The van der Waals surface area contributed by atoms with Gasteiger partial charge in [-0.15, -0.1) is 5.10 Å². The van der Waals surface area contributed by atoms with Crippen molar-refractivity contribution in [3.8, 4) is 0 Å². The summed E-state index contributed by atoms with van der Waals surface area (Å²) in [6.45, 7) is 9.82. The van der Waals surface area contributed by atoms with E-state index in [4.69, 9.17) is 0 Å². The van der Waals surface area contributed by atoms with Crippen LogP contribution in [0.15, 0.2) is 47.3 Å². The third-order valence-corrected chi connectivity index (χ3v) is 8.69. The Bertz CT molecular complexity index is 1490. The van der Waals surface area contributed by atoms with Crippen LogP contribution in [0.5, 0.6) is 0 Å². The van der Waals surface area contributed by atoms with Crippen LogP contribution in [0.4, 0.5) is 5.69 Å². The molecule has 1 saturated heterocycles. The molecule has 0 spiro atoms. The first kappa shape index (κ1) is 24.8. The number of para-hydroxylation sites is 1. The minimum Gasteiger partial charge on any atom is -0.369 e. The van der Waals surface area contributed by atoms with Crippen molar-refractivity contribution >= 4 is 16.6 Å². The van der Waals surface area contributed by atoms with Gasteiger partial charge < -0.3 is 9.88 Å². The van der Waals surface area contributed by atoms with E-state index in [0.717, 1.165) is 66.9 Å². The van der Waals surface area contributed by atoms with Gasteiger partial charge in [-0.25, -0.2) is 4.68 Å². The van der Waals surface area contributed by atoms with Crippen LogP contribution in [0, 0.1) is 20.8 Å². The Labute approximate surface area is 223 Å². The summed E-state index contributed by atoms with van der Waals surface area (Å²) in [7, 11) is 0. The number of aromatic amines is 1. The first-order chi connectivity index (χ1) is 18.5. The highest BCUT2D eigenvalue weighted by molar-refractivity contribution is 5.82. The fourth-order valence-corrected chi connectivity index (χ4v) is 6.37.